The third-order valence-electron chi connectivity index (χ3n) is 5.95. The Morgan fingerprint density at radius 2 is 1.53 bits per heavy atom. The molecule has 2 aromatic carbocycles. The van der Waals surface area contributed by atoms with Crippen LogP contribution in [0.25, 0.3) is 0 Å². The van der Waals surface area contributed by atoms with E-state index in [1.165, 1.54) is 16.7 Å². The fourth-order valence-electron chi connectivity index (χ4n) is 4.17. The maximum Gasteiger partial charge on any atom is 0.342 e. The number of carbonyl (C=O) groups excluding carboxylic acids is 1. The molecule has 4 rings (SSSR count). The molecule has 0 amide bonds. The molecule has 1 N–H and O–H groups in total. The number of piperazine rings is 1. The molecule has 1 aliphatic rings. The van der Waals surface area contributed by atoms with Crippen molar-refractivity contribution in [2.24, 2.45) is 0 Å². The first-order chi connectivity index (χ1) is 16.6. The minimum Gasteiger partial charge on any atom is -0.459 e. The van der Waals surface area contributed by atoms with Crippen molar-refractivity contribution in [1.29, 1.82) is 0 Å². The van der Waals surface area contributed by atoms with Gasteiger partial charge in [-0.25, -0.2) is 9.78 Å². The summed E-state index contributed by atoms with van der Waals surface area (Å²) >= 11 is 0. The predicted octanol–water partition coefficient (Wildman–Crippen LogP) is 4.26. The second-order valence-corrected chi connectivity index (χ2v) is 9.00. The zero-order valence-electron chi connectivity index (χ0n) is 20.1. The summed E-state index contributed by atoms with van der Waals surface area (Å²) in [7, 11) is 0. The van der Waals surface area contributed by atoms with Crippen LogP contribution in [0.5, 0.6) is 0 Å². The normalized spacial score (nSPS) is 14.4. The highest BCUT2D eigenvalue weighted by Gasteiger charge is 2.23. The number of hydrogen-bond acceptors (Lipinski definition) is 6. The number of carbonyl (C=O) groups is 1. The SMILES string of the molecule is CC(C)OC(=O)c1cccnc1N1CCN(Cc2ccc(CNCc3ccccc3)cc2)CC1. The van der Waals surface area contributed by atoms with E-state index in [9.17, 15) is 4.79 Å². The average Bonchev–Trinajstić information content (AvgIpc) is 2.86. The minimum atomic E-state index is -0.307. The number of hydrogen-bond donors (Lipinski definition) is 1. The maximum absolute atomic E-state index is 12.5. The van der Waals surface area contributed by atoms with E-state index in [2.05, 4.69) is 68.6 Å². The Morgan fingerprint density at radius 3 is 2.21 bits per heavy atom. The fraction of sp³-hybridized carbons (Fsp3) is 0.357. The molecular weight excluding hydrogens is 424 g/mol. The number of anilines is 1. The van der Waals surface area contributed by atoms with Gasteiger partial charge in [0, 0.05) is 52.0 Å². The molecule has 0 unspecified atom stereocenters. The van der Waals surface area contributed by atoms with Crippen molar-refractivity contribution in [3.05, 3.63) is 95.2 Å². The lowest BCUT2D eigenvalue weighted by Gasteiger charge is -2.36. The standard InChI is InChI=1S/C28H34N4O2/c1-22(2)34-28(33)26-9-6-14-30-27(26)32-17-15-31(16-18-32)21-25-12-10-24(11-13-25)20-29-19-23-7-4-3-5-8-23/h3-14,22,29H,15-21H2,1-2H3. The van der Waals surface area contributed by atoms with Crippen LogP contribution < -0.4 is 10.2 Å². The van der Waals surface area contributed by atoms with Gasteiger partial charge in [-0.05, 0) is 42.7 Å². The van der Waals surface area contributed by atoms with E-state index in [0.29, 0.717) is 5.56 Å². The molecule has 0 aliphatic carbocycles. The summed E-state index contributed by atoms with van der Waals surface area (Å²) in [6, 6.07) is 22.9. The number of aromatic nitrogens is 1. The van der Waals surface area contributed by atoms with Crippen LogP contribution in [-0.4, -0.2) is 48.1 Å². The first-order valence-corrected chi connectivity index (χ1v) is 12.0. The highest BCUT2D eigenvalue weighted by atomic mass is 16.5. The fourth-order valence-corrected chi connectivity index (χ4v) is 4.17. The van der Waals surface area contributed by atoms with Gasteiger partial charge in [-0.15, -0.1) is 0 Å². The molecule has 2 heterocycles. The van der Waals surface area contributed by atoms with E-state index < -0.39 is 0 Å². The molecule has 1 fully saturated rings. The molecule has 0 radical (unpaired) electrons. The molecule has 0 spiro atoms. The van der Waals surface area contributed by atoms with E-state index in [4.69, 9.17) is 4.74 Å². The second-order valence-electron chi connectivity index (χ2n) is 9.00. The van der Waals surface area contributed by atoms with Crippen molar-refractivity contribution in [2.75, 3.05) is 31.1 Å². The Balaban J connectivity index is 1.26. The zero-order valence-corrected chi connectivity index (χ0v) is 20.1. The van der Waals surface area contributed by atoms with Gasteiger partial charge < -0.3 is 15.0 Å². The summed E-state index contributed by atoms with van der Waals surface area (Å²) in [5.74, 6) is 0.416. The van der Waals surface area contributed by atoms with E-state index in [1.54, 1.807) is 18.3 Å². The van der Waals surface area contributed by atoms with Gasteiger partial charge in [0.1, 0.15) is 11.4 Å². The van der Waals surface area contributed by atoms with Gasteiger partial charge in [0.15, 0.2) is 0 Å². The van der Waals surface area contributed by atoms with Crippen LogP contribution in [0.15, 0.2) is 72.9 Å². The Kier molecular flexibility index (Phi) is 8.28. The van der Waals surface area contributed by atoms with Crippen LogP contribution in [-0.2, 0) is 24.4 Å². The van der Waals surface area contributed by atoms with E-state index in [1.807, 2.05) is 19.9 Å². The van der Waals surface area contributed by atoms with E-state index in [-0.39, 0.29) is 12.1 Å². The van der Waals surface area contributed by atoms with Gasteiger partial charge >= 0.3 is 5.97 Å². The third-order valence-corrected chi connectivity index (χ3v) is 5.95. The van der Waals surface area contributed by atoms with Crippen LogP contribution in [0.2, 0.25) is 0 Å². The molecule has 1 saturated heterocycles. The predicted molar refractivity (Wildman–Crippen MR) is 136 cm³/mol. The first kappa shape index (κ1) is 23.9. The van der Waals surface area contributed by atoms with Crippen LogP contribution >= 0.6 is 0 Å². The van der Waals surface area contributed by atoms with Crippen LogP contribution in [0.1, 0.15) is 40.9 Å². The number of pyridine rings is 1. The first-order valence-electron chi connectivity index (χ1n) is 12.0. The lowest BCUT2D eigenvalue weighted by molar-refractivity contribution is 0.0378. The summed E-state index contributed by atoms with van der Waals surface area (Å²) < 4.78 is 5.40. The third kappa shape index (κ3) is 6.65. The average molecular weight is 459 g/mol. The molecule has 178 valence electrons. The quantitative estimate of drug-likeness (QED) is 0.484. The number of nitrogens with zero attached hydrogens (tertiary/aromatic N) is 3. The van der Waals surface area contributed by atoms with Gasteiger partial charge in [0.2, 0.25) is 0 Å². The number of benzene rings is 2. The van der Waals surface area contributed by atoms with Crippen molar-refractivity contribution in [1.82, 2.24) is 15.2 Å². The van der Waals surface area contributed by atoms with Crippen LogP contribution in [0.3, 0.4) is 0 Å². The van der Waals surface area contributed by atoms with Crippen LogP contribution in [0.4, 0.5) is 5.82 Å². The molecule has 1 aromatic heterocycles. The molecule has 0 atom stereocenters. The summed E-state index contributed by atoms with van der Waals surface area (Å²) in [6.45, 7) is 9.91. The van der Waals surface area contributed by atoms with Gasteiger partial charge in [-0.1, -0.05) is 54.6 Å². The van der Waals surface area contributed by atoms with Crippen molar-refractivity contribution in [3.63, 3.8) is 0 Å². The molecular formula is C28H34N4O2. The molecule has 0 bridgehead atoms. The second kappa shape index (κ2) is 11.8. The Morgan fingerprint density at radius 1 is 0.882 bits per heavy atom. The summed E-state index contributed by atoms with van der Waals surface area (Å²) in [4.78, 5) is 21.6. The van der Waals surface area contributed by atoms with Gasteiger partial charge in [-0.3, -0.25) is 4.90 Å². The minimum absolute atomic E-state index is 0.150. The maximum atomic E-state index is 12.5. The molecule has 34 heavy (non-hydrogen) atoms. The molecule has 6 heteroatoms. The van der Waals surface area contributed by atoms with Gasteiger partial charge in [0.25, 0.3) is 0 Å². The lowest BCUT2D eigenvalue weighted by atomic mass is 10.1. The topological polar surface area (TPSA) is 57.7 Å². The molecule has 3 aromatic rings. The van der Waals surface area contributed by atoms with E-state index in [0.717, 1.165) is 51.6 Å². The number of rotatable bonds is 9. The van der Waals surface area contributed by atoms with Crippen molar-refractivity contribution < 1.29 is 9.53 Å². The lowest BCUT2D eigenvalue weighted by Crippen LogP contribution is -2.46. The van der Waals surface area contributed by atoms with Crippen LogP contribution in [0, 0.1) is 0 Å². The summed E-state index contributed by atoms with van der Waals surface area (Å²) in [6.07, 6.45) is 1.59. The molecule has 1 aliphatic heterocycles. The highest BCUT2D eigenvalue weighted by molar-refractivity contribution is 5.94. The van der Waals surface area contributed by atoms with E-state index >= 15 is 0 Å². The smallest absolute Gasteiger partial charge is 0.342 e. The van der Waals surface area contributed by atoms with Crippen molar-refractivity contribution >= 4 is 11.8 Å². The van der Waals surface area contributed by atoms with Crippen molar-refractivity contribution in [2.45, 2.75) is 39.6 Å². The number of ether oxygens (including phenoxy) is 1. The van der Waals surface area contributed by atoms with Gasteiger partial charge in [0.05, 0.1) is 6.10 Å². The Hall–Kier alpha value is -3.22. The Bertz CT molecular complexity index is 1050. The molecule has 0 saturated carbocycles. The monoisotopic (exact) mass is 458 g/mol. The Labute approximate surface area is 202 Å². The van der Waals surface area contributed by atoms with Gasteiger partial charge in [-0.2, -0.15) is 0 Å². The number of esters is 1. The zero-order chi connectivity index (χ0) is 23.8. The molecule has 6 nitrogen and oxygen atoms in total. The largest absolute Gasteiger partial charge is 0.459 e. The van der Waals surface area contributed by atoms with Crippen molar-refractivity contribution in [3.8, 4) is 0 Å². The highest BCUT2D eigenvalue weighted by Crippen LogP contribution is 2.21. The summed E-state index contributed by atoms with van der Waals surface area (Å²) in [5, 5.41) is 3.51. The number of nitrogens with one attached hydrogen (secondary N) is 1. The summed E-state index contributed by atoms with van der Waals surface area (Å²) in [5.41, 5.74) is 4.45.